The van der Waals surface area contributed by atoms with Gasteiger partial charge in [0.05, 0.1) is 14.2 Å². The molecule has 0 saturated heterocycles. The molecule has 134 valence electrons. The van der Waals surface area contributed by atoms with Crippen LogP contribution in [0.15, 0.2) is 48.5 Å². The van der Waals surface area contributed by atoms with Gasteiger partial charge < -0.3 is 15.0 Å². The van der Waals surface area contributed by atoms with Crippen LogP contribution in [0.4, 0.5) is 0 Å². The Labute approximate surface area is 150 Å². The van der Waals surface area contributed by atoms with Crippen LogP contribution in [-0.2, 0) is 24.3 Å². The van der Waals surface area contributed by atoms with Crippen molar-refractivity contribution in [1.29, 1.82) is 0 Å². The molecule has 0 saturated carbocycles. The normalized spacial score (nSPS) is 13.1. The van der Waals surface area contributed by atoms with E-state index >= 15 is 0 Å². The first-order valence-electron chi connectivity index (χ1n) is 8.84. The molecule has 1 unspecified atom stereocenters. The molecule has 1 amide bonds. The van der Waals surface area contributed by atoms with Crippen molar-refractivity contribution in [2.45, 2.75) is 39.4 Å². The lowest BCUT2D eigenvalue weighted by atomic mass is 10.1. The molecule has 0 fully saturated rings. The standard InChI is InChI=1S/C21H28N2O2/c1-5-17-6-8-19(9-7-17)15-23(3)16(2)21(24)22-14-18-10-12-20(25-4)13-11-18/h6-13,16H,5,14-15H2,1-4H3,(H,22,24)/p+1/t16-/m1/s1. The zero-order valence-corrected chi connectivity index (χ0v) is 15.6. The van der Waals surface area contributed by atoms with Crippen molar-refractivity contribution in [2.75, 3.05) is 14.2 Å². The minimum absolute atomic E-state index is 0.0681. The number of aryl methyl sites for hydroxylation is 1. The summed E-state index contributed by atoms with van der Waals surface area (Å²) in [6, 6.07) is 16.3. The van der Waals surface area contributed by atoms with Crippen molar-refractivity contribution in [1.82, 2.24) is 5.32 Å². The first-order valence-corrected chi connectivity index (χ1v) is 8.84. The van der Waals surface area contributed by atoms with E-state index in [9.17, 15) is 4.79 Å². The molecule has 4 nitrogen and oxygen atoms in total. The number of nitrogens with one attached hydrogen (secondary N) is 2. The van der Waals surface area contributed by atoms with E-state index in [2.05, 4.69) is 43.6 Å². The van der Waals surface area contributed by atoms with Crippen LogP contribution in [0.5, 0.6) is 5.75 Å². The monoisotopic (exact) mass is 341 g/mol. The number of quaternary nitrogens is 1. The molecular formula is C21H29N2O2+. The Hall–Kier alpha value is -2.33. The lowest BCUT2D eigenvalue weighted by molar-refractivity contribution is -0.908. The van der Waals surface area contributed by atoms with Crippen LogP contribution in [0.3, 0.4) is 0 Å². The summed E-state index contributed by atoms with van der Waals surface area (Å²) in [5, 5.41) is 3.02. The minimum atomic E-state index is -0.107. The maximum Gasteiger partial charge on any atom is 0.278 e. The van der Waals surface area contributed by atoms with E-state index in [4.69, 9.17) is 4.74 Å². The molecule has 2 rings (SSSR count). The van der Waals surface area contributed by atoms with E-state index in [1.54, 1.807) is 7.11 Å². The Morgan fingerprint density at radius 2 is 1.60 bits per heavy atom. The summed E-state index contributed by atoms with van der Waals surface area (Å²) >= 11 is 0. The van der Waals surface area contributed by atoms with Gasteiger partial charge in [-0.1, -0.05) is 43.3 Å². The third-order valence-electron chi connectivity index (χ3n) is 4.67. The van der Waals surface area contributed by atoms with Crippen molar-refractivity contribution < 1.29 is 14.4 Å². The topological polar surface area (TPSA) is 42.8 Å². The molecule has 2 atom stereocenters. The summed E-state index contributed by atoms with van der Waals surface area (Å²) in [6.07, 6.45) is 1.05. The van der Waals surface area contributed by atoms with Crippen molar-refractivity contribution in [3.8, 4) is 5.75 Å². The number of rotatable bonds is 8. The SMILES string of the molecule is CCc1ccc(C[NH+](C)[C@H](C)C(=O)NCc2ccc(OC)cc2)cc1. The largest absolute Gasteiger partial charge is 0.497 e. The Morgan fingerprint density at radius 3 is 2.16 bits per heavy atom. The molecule has 25 heavy (non-hydrogen) atoms. The fraction of sp³-hybridized carbons (Fsp3) is 0.381. The highest BCUT2D eigenvalue weighted by Crippen LogP contribution is 2.10. The summed E-state index contributed by atoms with van der Waals surface area (Å²) in [5.41, 5.74) is 3.66. The number of carbonyl (C=O) groups is 1. The molecule has 0 radical (unpaired) electrons. The van der Waals surface area contributed by atoms with Crippen molar-refractivity contribution in [3.05, 3.63) is 65.2 Å². The van der Waals surface area contributed by atoms with E-state index < -0.39 is 0 Å². The van der Waals surface area contributed by atoms with Crippen LogP contribution < -0.4 is 15.0 Å². The number of ether oxygens (including phenoxy) is 1. The highest BCUT2D eigenvalue weighted by molar-refractivity contribution is 5.79. The first kappa shape index (κ1) is 19.0. The highest BCUT2D eigenvalue weighted by Gasteiger charge is 2.21. The van der Waals surface area contributed by atoms with Gasteiger partial charge in [0.15, 0.2) is 6.04 Å². The second kappa shape index (κ2) is 9.23. The van der Waals surface area contributed by atoms with Gasteiger partial charge in [0, 0.05) is 12.1 Å². The molecule has 0 aliphatic heterocycles. The van der Waals surface area contributed by atoms with Gasteiger partial charge in [-0.05, 0) is 36.6 Å². The number of amides is 1. The predicted molar refractivity (Wildman–Crippen MR) is 101 cm³/mol. The minimum Gasteiger partial charge on any atom is -0.497 e. The van der Waals surface area contributed by atoms with Crippen LogP contribution in [0, 0.1) is 0 Å². The molecular weight excluding hydrogens is 312 g/mol. The summed E-state index contributed by atoms with van der Waals surface area (Å²) in [6.45, 7) is 5.49. The quantitative estimate of drug-likeness (QED) is 0.771. The highest BCUT2D eigenvalue weighted by atomic mass is 16.5. The average molecular weight is 341 g/mol. The third-order valence-corrected chi connectivity index (χ3v) is 4.67. The summed E-state index contributed by atoms with van der Waals surface area (Å²) < 4.78 is 5.14. The molecule has 2 aromatic rings. The van der Waals surface area contributed by atoms with Crippen LogP contribution in [0.25, 0.3) is 0 Å². The van der Waals surface area contributed by atoms with E-state index in [1.165, 1.54) is 16.0 Å². The van der Waals surface area contributed by atoms with Gasteiger partial charge >= 0.3 is 0 Å². The van der Waals surface area contributed by atoms with E-state index in [-0.39, 0.29) is 11.9 Å². The Kier molecular flexibility index (Phi) is 7.02. The lowest BCUT2D eigenvalue weighted by Gasteiger charge is -2.21. The van der Waals surface area contributed by atoms with Crippen LogP contribution in [0.1, 0.15) is 30.5 Å². The number of likely N-dealkylation sites (N-methyl/N-ethyl adjacent to an activating group) is 1. The molecule has 0 bridgehead atoms. The molecule has 0 aliphatic rings. The van der Waals surface area contributed by atoms with Crippen molar-refractivity contribution in [3.63, 3.8) is 0 Å². The van der Waals surface area contributed by atoms with Crippen LogP contribution in [-0.4, -0.2) is 26.1 Å². The Morgan fingerprint density at radius 1 is 1.04 bits per heavy atom. The number of benzene rings is 2. The molecule has 0 aliphatic carbocycles. The maximum absolute atomic E-state index is 12.4. The third kappa shape index (κ3) is 5.61. The van der Waals surface area contributed by atoms with Gasteiger partial charge in [-0.2, -0.15) is 0 Å². The second-order valence-corrected chi connectivity index (χ2v) is 6.48. The van der Waals surface area contributed by atoms with Gasteiger partial charge in [-0.3, -0.25) is 4.79 Å². The van der Waals surface area contributed by atoms with E-state index in [0.29, 0.717) is 6.54 Å². The van der Waals surface area contributed by atoms with E-state index in [0.717, 1.165) is 24.3 Å². The number of carbonyl (C=O) groups excluding carboxylic acids is 1. The number of hydrogen-bond acceptors (Lipinski definition) is 2. The van der Waals surface area contributed by atoms with Crippen molar-refractivity contribution in [2.24, 2.45) is 0 Å². The summed E-state index contributed by atoms with van der Waals surface area (Å²) in [7, 11) is 3.71. The summed E-state index contributed by atoms with van der Waals surface area (Å²) in [4.78, 5) is 13.6. The maximum atomic E-state index is 12.4. The molecule has 0 aromatic heterocycles. The van der Waals surface area contributed by atoms with Crippen LogP contribution in [0.2, 0.25) is 0 Å². The second-order valence-electron chi connectivity index (χ2n) is 6.48. The van der Waals surface area contributed by atoms with E-state index in [1.807, 2.05) is 31.2 Å². The molecule has 0 spiro atoms. The predicted octanol–water partition coefficient (Wildman–Crippen LogP) is 1.98. The number of hydrogen-bond donors (Lipinski definition) is 2. The Balaban J connectivity index is 1.84. The zero-order valence-electron chi connectivity index (χ0n) is 15.6. The molecule has 0 heterocycles. The fourth-order valence-electron chi connectivity index (χ4n) is 2.68. The number of methoxy groups -OCH3 is 1. The zero-order chi connectivity index (χ0) is 18.2. The molecule has 2 N–H and O–H groups in total. The van der Waals surface area contributed by atoms with Crippen molar-refractivity contribution >= 4 is 5.91 Å². The van der Waals surface area contributed by atoms with Gasteiger partial charge in [0.1, 0.15) is 12.3 Å². The smallest absolute Gasteiger partial charge is 0.278 e. The van der Waals surface area contributed by atoms with Gasteiger partial charge in [0.25, 0.3) is 5.91 Å². The van der Waals surface area contributed by atoms with Crippen LogP contribution >= 0.6 is 0 Å². The average Bonchev–Trinajstić information content (AvgIpc) is 2.66. The molecule has 2 aromatic carbocycles. The Bertz CT molecular complexity index is 665. The van der Waals surface area contributed by atoms with Gasteiger partial charge in [-0.15, -0.1) is 0 Å². The van der Waals surface area contributed by atoms with Gasteiger partial charge in [-0.25, -0.2) is 0 Å². The lowest BCUT2D eigenvalue weighted by Crippen LogP contribution is -3.12. The summed E-state index contributed by atoms with van der Waals surface area (Å²) in [5.74, 6) is 0.889. The van der Waals surface area contributed by atoms with Gasteiger partial charge in [0.2, 0.25) is 0 Å². The molecule has 4 heteroatoms. The first-order chi connectivity index (χ1) is 12.0. The fourth-order valence-corrected chi connectivity index (χ4v) is 2.68.